The molecule has 0 saturated heterocycles. The van der Waals surface area contributed by atoms with E-state index < -0.39 is 17.8 Å². The second-order valence-corrected chi connectivity index (χ2v) is 8.30. The molecule has 0 bridgehead atoms. The van der Waals surface area contributed by atoms with Gasteiger partial charge in [-0.2, -0.15) is 0 Å². The third-order valence-corrected chi connectivity index (χ3v) is 6.12. The van der Waals surface area contributed by atoms with Gasteiger partial charge in [0, 0.05) is 18.9 Å². The molecule has 0 spiro atoms. The molecule has 2 aliphatic rings. The highest BCUT2D eigenvalue weighted by atomic mass is 16.3. The zero-order valence-corrected chi connectivity index (χ0v) is 16.3. The van der Waals surface area contributed by atoms with Gasteiger partial charge in [0.2, 0.25) is 0 Å². The molecule has 0 aromatic carbocycles. The Morgan fingerprint density at radius 2 is 1.81 bits per heavy atom. The molecule has 2 fully saturated rings. The first-order chi connectivity index (χ1) is 12.5. The predicted molar refractivity (Wildman–Crippen MR) is 105 cm³/mol. The van der Waals surface area contributed by atoms with Crippen LogP contribution in [0.15, 0.2) is 24.3 Å². The second kappa shape index (κ2) is 10.6. The maximum Gasteiger partial charge on any atom is 0.0709 e. The van der Waals surface area contributed by atoms with Gasteiger partial charge in [-0.15, -0.1) is 0 Å². The maximum atomic E-state index is 10.9. The van der Waals surface area contributed by atoms with Crippen LogP contribution in [0.4, 0.5) is 0 Å². The molecule has 0 aliphatic heterocycles. The summed E-state index contributed by atoms with van der Waals surface area (Å²) in [5, 5.41) is 40.3. The van der Waals surface area contributed by atoms with Gasteiger partial charge in [0.15, 0.2) is 0 Å². The maximum absolute atomic E-state index is 10.9. The highest BCUT2D eigenvalue weighted by Crippen LogP contribution is 2.44. The Morgan fingerprint density at radius 3 is 2.46 bits per heavy atom. The third-order valence-electron chi connectivity index (χ3n) is 6.12. The number of rotatable bonds is 12. The number of aliphatic hydroxyl groups excluding tert-OH is 3. The molecule has 4 nitrogen and oxygen atoms in total. The lowest BCUT2D eigenvalue weighted by molar-refractivity contribution is 0.0109. The molecule has 0 aromatic rings. The number of hydrogen-bond donors (Lipinski definition) is 4. The van der Waals surface area contributed by atoms with Gasteiger partial charge in [0.1, 0.15) is 0 Å². The highest BCUT2D eigenvalue weighted by molar-refractivity contribution is 5.07. The van der Waals surface area contributed by atoms with Crippen LogP contribution in [-0.4, -0.2) is 44.8 Å². The quantitative estimate of drug-likeness (QED) is 0.315. The van der Waals surface area contributed by atoms with E-state index in [2.05, 4.69) is 19.1 Å². The predicted octanol–water partition coefficient (Wildman–Crippen LogP) is 3.34. The van der Waals surface area contributed by atoms with Crippen LogP contribution in [0.1, 0.15) is 71.1 Å². The van der Waals surface area contributed by atoms with E-state index >= 15 is 0 Å². The van der Waals surface area contributed by atoms with E-state index in [1.807, 2.05) is 12.2 Å². The van der Waals surface area contributed by atoms with E-state index in [1.165, 1.54) is 0 Å². The van der Waals surface area contributed by atoms with Crippen molar-refractivity contribution in [1.82, 2.24) is 0 Å². The topological polar surface area (TPSA) is 80.9 Å². The van der Waals surface area contributed by atoms with Crippen molar-refractivity contribution >= 4 is 0 Å². The van der Waals surface area contributed by atoms with Gasteiger partial charge >= 0.3 is 0 Å². The fourth-order valence-corrected chi connectivity index (χ4v) is 4.41. The van der Waals surface area contributed by atoms with Gasteiger partial charge in [0.05, 0.1) is 17.8 Å². The monoisotopic (exact) mass is 366 g/mol. The molecule has 0 aromatic heterocycles. The average molecular weight is 367 g/mol. The molecular formula is C22H38O4. The number of hydrogen-bond acceptors (Lipinski definition) is 4. The minimum absolute atomic E-state index is 0.0375. The summed E-state index contributed by atoms with van der Waals surface area (Å²) in [5.74, 6) is 0.427. The normalized spacial score (nSPS) is 31.9. The van der Waals surface area contributed by atoms with Crippen LogP contribution < -0.4 is 0 Å². The van der Waals surface area contributed by atoms with Crippen molar-refractivity contribution in [3.63, 3.8) is 0 Å². The van der Waals surface area contributed by atoms with Crippen molar-refractivity contribution in [2.75, 3.05) is 6.61 Å². The van der Waals surface area contributed by atoms with Crippen LogP contribution in [0.25, 0.3) is 0 Å². The van der Waals surface area contributed by atoms with Gasteiger partial charge in [-0.25, -0.2) is 0 Å². The molecule has 150 valence electrons. The Bertz CT molecular complexity index is 457. The molecule has 2 rings (SSSR count). The van der Waals surface area contributed by atoms with Crippen LogP contribution in [0.5, 0.6) is 0 Å². The number of aliphatic hydroxyl groups is 4. The van der Waals surface area contributed by atoms with Gasteiger partial charge < -0.3 is 20.4 Å². The Hall–Kier alpha value is -0.680. The Labute approximate surface area is 158 Å². The Morgan fingerprint density at radius 1 is 1.04 bits per heavy atom. The fraction of sp³-hybridized carbons (Fsp3) is 0.818. The third kappa shape index (κ3) is 6.19. The zero-order chi connectivity index (χ0) is 19.0. The summed E-state index contributed by atoms with van der Waals surface area (Å²) in [7, 11) is 0. The molecule has 0 amide bonds. The minimum atomic E-state index is -0.588. The van der Waals surface area contributed by atoms with Crippen molar-refractivity contribution in [1.29, 1.82) is 0 Å². The van der Waals surface area contributed by atoms with E-state index in [-0.39, 0.29) is 18.4 Å². The van der Waals surface area contributed by atoms with Crippen LogP contribution in [0, 0.1) is 17.8 Å². The van der Waals surface area contributed by atoms with Gasteiger partial charge in [-0.3, -0.25) is 0 Å². The summed E-state index contributed by atoms with van der Waals surface area (Å²) < 4.78 is 0. The van der Waals surface area contributed by atoms with E-state index in [0.29, 0.717) is 18.8 Å². The summed E-state index contributed by atoms with van der Waals surface area (Å²) in [5.41, 5.74) is -0.588. The molecule has 4 N–H and O–H groups in total. The van der Waals surface area contributed by atoms with E-state index in [9.17, 15) is 15.3 Å². The molecule has 1 unspecified atom stereocenters. The van der Waals surface area contributed by atoms with Gasteiger partial charge in [0.25, 0.3) is 0 Å². The molecule has 0 radical (unpaired) electrons. The van der Waals surface area contributed by atoms with Crippen LogP contribution in [0.3, 0.4) is 0 Å². The SMILES string of the molecule is CCCC(O)(CC=C[C@@H]1[C@@H](CC=CCCCCO)[C@@H](O)C[C@H]1O)C1CC1. The van der Waals surface area contributed by atoms with Crippen LogP contribution >= 0.6 is 0 Å². The molecule has 4 heteroatoms. The first kappa shape index (κ1) is 21.6. The lowest BCUT2D eigenvalue weighted by Gasteiger charge is -2.27. The number of unbranched alkanes of at least 4 members (excludes halogenated alkanes) is 2. The molecule has 2 saturated carbocycles. The van der Waals surface area contributed by atoms with E-state index in [1.54, 1.807) is 0 Å². The van der Waals surface area contributed by atoms with Crippen LogP contribution in [0.2, 0.25) is 0 Å². The van der Waals surface area contributed by atoms with Gasteiger partial charge in [-0.1, -0.05) is 37.6 Å². The summed E-state index contributed by atoms with van der Waals surface area (Å²) in [4.78, 5) is 0. The van der Waals surface area contributed by atoms with E-state index in [0.717, 1.165) is 51.4 Å². The minimum Gasteiger partial charge on any atom is -0.396 e. The largest absolute Gasteiger partial charge is 0.396 e. The van der Waals surface area contributed by atoms with Crippen LogP contribution in [-0.2, 0) is 0 Å². The standard InChI is InChI=1S/C22H38O4/c1-2-13-22(26,17-11-12-17)14-8-10-19-18(20(24)16-21(19)25)9-6-4-3-5-7-15-23/h4,6,8,10,17-21,23-26H,2-3,5,7,9,11-16H2,1H3/t18-,19-,20+,21-,22?/m1/s1. The van der Waals surface area contributed by atoms with Crippen molar-refractivity contribution in [3.05, 3.63) is 24.3 Å². The molecule has 26 heavy (non-hydrogen) atoms. The van der Waals surface area contributed by atoms with E-state index in [4.69, 9.17) is 5.11 Å². The number of allylic oxidation sites excluding steroid dienone is 2. The average Bonchev–Trinajstić information content (AvgIpc) is 3.41. The smallest absolute Gasteiger partial charge is 0.0709 e. The van der Waals surface area contributed by atoms with Crippen molar-refractivity contribution in [2.45, 2.75) is 88.9 Å². The van der Waals surface area contributed by atoms with Gasteiger partial charge in [-0.05, 0) is 63.2 Å². The first-order valence-electron chi connectivity index (χ1n) is 10.5. The summed E-state index contributed by atoms with van der Waals surface area (Å²) in [6.07, 6.45) is 15.9. The second-order valence-electron chi connectivity index (χ2n) is 8.30. The summed E-state index contributed by atoms with van der Waals surface area (Å²) in [6.45, 7) is 2.34. The molecular weight excluding hydrogens is 328 g/mol. The zero-order valence-electron chi connectivity index (χ0n) is 16.3. The Balaban J connectivity index is 1.87. The molecule has 2 aliphatic carbocycles. The lowest BCUT2D eigenvalue weighted by atomic mass is 9.86. The van der Waals surface area contributed by atoms with Crippen molar-refractivity contribution in [2.24, 2.45) is 17.8 Å². The Kier molecular flexibility index (Phi) is 8.82. The lowest BCUT2D eigenvalue weighted by Crippen LogP contribution is -2.30. The van der Waals surface area contributed by atoms with Crippen molar-refractivity contribution in [3.8, 4) is 0 Å². The van der Waals surface area contributed by atoms with Crippen molar-refractivity contribution < 1.29 is 20.4 Å². The molecule has 5 atom stereocenters. The summed E-state index contributed by atoms with van der Waals surface area (Å²) in [6, 6.07) is 0. The summed E-state index contributed by atoms with van der Waals surface area (Å²) >= 11 is 0. The fourth-order valence-electron chi connectivity index (χ4n) is 4.41. The first-order valence-corrected chi connectivity index (χ1v) is 10.5. The molecule has 0 heterocycles. The highest BCUT2D eigenvalue weighted by Gasteiger charge is 2.43.